The van der Waals surface area contributed by atoms with Crippen LogP contribution < -0.4 is 9.80 Å². The van der Waals surface area contributed by atoms with Crippen molar-refractivity contribution in [1.82, 2.24) is 9.13 Å². The Morgan fingerprint density at radius 1 is 0.200 bits per heavy atom. The Morgan fingerprint density at radius 3 is 0.914 bits per heavy atom. The third-order valence-corrected chi connectivity index (χ3v) is 13.7. The molecule has 0 bridgehead atoms. The number of hydrogen-bond donors (Lipinski definition) is 0. The third-order valence-electron chi connectivity index (χ3n) is 13.7. The molecular formula is C66H46N4. The van der Waals surface area contributed by atoms with Crippen LogP contribution in [0.5, 0.6) is 0 Å². The van der Waals surface area contributed by atoms with Crippen molar-refractivity contribution in [2.24, 2.45) is 0 Å². The first-order chi connectivity index (χ1) is 34.7. The van der Waals surface area contributed by atoms with Crippen molar-refractivity contribution in [2.45, 2.75) is 0 Å². The molecule has 0 fully saturated rings. The Bertz CT molecular complexity index is 3860. The number of anilines is 6. The van der Waals surface area contributed by atoms with E-state index in [1.165, 1.54) is 49.2 Å². The summed E-state index contributed by atoms with van der Waals surface area (Å²) >= 11 is 0. The summed E-state index contributed by atoms with van der Waals surface area (Å²) in [6, 6.07) is 101. The number of para-hydroxylation sites is 6. The number of nitrogens with zero attached hydrogens (tertiary/aromatic N) is 4. The summed E-state index contributed by atoms with van der Waals surface area (Å²) in [4.78, 5) is 4.66. The summed E-state index contributed by atoms with van der Waals surface area (Å²) in [5, 5.41) is 5.01. The maximum absolute atomic E-state index is 2.38. The molecule has 0 aliphatic carbocycles. The first-order valence-corrected chi connectivity index (χ1v) is 23.9. The second kappa shape index (κ2) is 17.4. The van der Waals surface area contributed by atoms with Crippen LogP contribution in [0.2, 0.25) is 0 Å². The Hall–Kier alpha value is -9.38. The SMILES string of the molecule is c1ccc(N(c2ccccc2)c2ccc(-c3ccc(N(c4ccc(-c5ccc6c7ccccc7n(-c7ccccc7)c6c5)cc4)c4ccc(-n5c6ccccc6c6ccccc65)cc4)cc3)cc2)cc1. The molecule has 2 aromatic heterocycles. The second-order valence-electron chi connectivity index (χ2n) is 17.8. The van der Waals surface area contributed by atoms with Gasteiger partial charge in [-0.3, -0.25) is 0 Å². The Balaban J connectivity index is 0.872. The fourth-order valence-corrected chi connectivity index (χ4v) is 10.4. The largest absolute Gasteiger partial charge is 0.311 e. The molecule has 13 rings (SSSR count). The molecule has 4 nitrogen and oxygen atoms in total. The summed E-state index contributed by atoms with van der Waals surface area (Å²) in [6.45, 7) is 0. The van der Waals surface area contributed by atoms with Crippen LogP contribution in [0.15, 0.2) is 279 Å². The van der Waals surface area contributed by atoms with Crippen molar-refractivity contribution in [3.05, 3.63) is 279 Å². The summed E-state index contributed by atoms with van der Waals surface area (Å²) in [5.41, 5.74) is 18.3. The molecule has 330 valence electrons. The molecule has 13 aromatic rings. The molecule has 11 aromatic carbocycles. The standard InChI is InChI=1S/C66H46N4/c1-4-16-51(17-5-1)67(52-18-6-2-7-19-52)54-35-28-47(29-36-54)48-30-37-55(38-31-48)68(57-41-43-58(44-42-57)69-63-25-13-10-22-59(63)60-23-11-14-26-64(60)69)56-39-32-49(33-40-56)50-34-45-62-61-24-12-15-27-65(61)70(66(62)46-50)53-20-8-3-9-21-53/h1-46H. The summed E-state index contributed by atoms with van der Waals surface area (Å²) in [6.07, 6.45) is 0. The van der Waals surface area contributed by atoms with Gasteiger partial charge in [-0.05, 0) is 144 Å². The van der Waals surface area contributed by atoms with E-state index in [0.717, 1.165) is 62.2 Å². The van der Waals surface area contributed by atoms with E-state index in [0.29, 0.717) is 0 Å². The van der Waals surface area contributed by atoms with Gasteiger partial charge in [0, 0.05) is 67.0 Å². The maximum atomic E-state index is 2.38. The van der Waals surface area contributed by atoms with E-state index in [-0.39, 0.29) is 0 Å². The van der Waals surface area contributed by atoms with Crippen molar-refractivity contribution in [1.29, 1.82) is 0 Å². The van der Waals surface area contributed by atoms with Gasteiger partial charge in [-0.2, -0.15) is 0 Å². The first-order valence-electron chi connectivity index (χ1n) is 23.9. The van der Waals surface area contributed by atoms with Gasteiger partial charge in [0.2, 0.25) is 0 Å². The summed E-state index contributed by atoms with van der Waals surface area (Å²) in [5.74, 6) is 0. The van der Waals surface area contributed by atoms with E-state index in [1.807, 2.05) is 0 Å². The zero-order valence-electron chi connectivity index (χ0n) is 38.3. The highest BCUT2D eigenvalue weighted by Crippen LogP contribution is 2.41. The average molecular weight is 895 g/mol. The fourth-order valence-electron chi connectivity index (χ4n) is 10.4. The molecule has 0 radical (unpaired) electrons. The smallest absolute Gasteiger partial charge is 0.0547 e. The van der Waals surface area contributed by atoms with Gasteiger partial charge >= 0.3 is 0 Å². The molecule has 0 saturated heterocycles. The van der Waals surface area contributed by atoms with Crippen molar-refractivity contribution in [3.8, 4) is 33.6 Å². The lowest BCUT2D eigenvalue weighted by Gasteiger charge is -2.26. The minimum absolute atomic E-state index is 1.07. The Labute approximate surface area is 407 Å². The molecular weight excluding hydrogens is 849 g/mol. The maximum Gasteiger partial charge on any atom is 0.0547 e. The van der Waals surface area contributed by atoms with Crippen LogP contribution in [-0.4, -0.2) is 9.13 Å². The molecule has 4 heteroatoms. The lowest BCUT2D eigenvalue weighted by atomic mass is 10.0. The Morgan fingerprint density at radius 2 is 0.486 bits per heavy atom. The second-order valence-corrected chi connectivity index (χ2v) is 17.8. The zero-order chi connectivity index (χ0) is 46.4. The normalized spacial score (nSPS) is 11.4. The summed E-state index contributed by atoms with van der Waals surface area (Å²) in [7, 11) is 0. The molecule has 0 saturated carbocycles. The predicted octanol–water partition coefficient (Wildman–Crippen LogP) is 18.2. The van der Waals surface area contributed by atoms with Crippen LogP contribution in [0, 0.1) is 0 Å². The number of benzene rings is 11. The van der Waals surface area contributed by atoms with Crippen molar-refractivity contribution < 1.29 is 0 Å². The molecule has 0 aliphatic rings. The van der Waals surface area contributed by atoms with Crippen LogP contribution in [0.4, 0.5) is 34.1 Å². The quantitative estimate of drug-likeness (QED) is 0.136. The highest BCUT2D eigenvalue weighted by atomic mass is 15.1. The monoisotopic (exact) mass is 894 g/mol. The van der Waals surface area contributed by atoms with Gasteiger partial charge in [0.15, 0.2) is 0 Å². The fraction of sp³-hybridized carbons (Fsp3) is 0. The number of rotatable bonds is 10. The van der Waals surface area contributed by atoms with Gasteiger partial charge in [0.05, 0.1) is 22.1 Å². The van der Waals surface area contributed by atoms with Gasteiger partial charge in [0.25, 0.3) is 0 Å². The zero-order valence-corrected chi connectivity index (χ0v) is 38.3. The van der Waals surface area contributed by atoms with Crippen LogP contribution in [0.25, 0.3) is 77.2 Å². The molecule has 0 amide bonds. The van der Waals surface area contributed by atoms with E-state index in [9.17, 15) is 0 Å². The van der Waals surface area contributed by atoms with Crippen LogP contribution in [0.1, 0.15) is 0 Å². The lowest BCUT2D eigenvalue weighted by Crippen LogP contribution is -2.10. The minimum atomic E-state index is 1.07. The summed E-state index contributed by atoms with van der Waals surface area (Å²) < 4.78 is 4.76. The highest BCUT2D eigenvalue weighted by Gasteiger charge is 2.18. The van der Waals surface area contributed by atoms with Crippen molar-refractivity contribution >= 4 is 77.7 Å². The van der Waals surface area contributed by atoms with E-state index >= 15 is 0 Å². The van der Waals surface area contributed by atoms with Crippen LogP contribution in [-0.2, 0) is 0 Å². The average Bonchev–Trinajstić information content (AvgIpc) is 3.95. The van der Waals surface area contributed by atoms with E-state index < -0.39 is 0 Å². The van der Waals surface area contributed by atoms with E-state index in [1.54, 1.807) is 0 Å². The molecule has 0 spiro atoms. The molecule has 0 aliphatic heterocycles. The molecule has 0 atom stereocenters. The number of fused-ring (bicyclic) bond motifs is 6. The van der Waals surface area contributed by atoms with Gasteiger partial charge in [0.1, 0.15) is 0 Å². The topological polar surface area (TPSA) is 16.3 Å². The molecule has 0 unspecified atom stereocenters. The molecule has 2 heterocycles. The third kappa shape index (κ3) is 7.18. The van der Waals surface area contributed by atoms with Crippen molar-refractivity contribution in [2.75, 3.05) is 9.80 Å². The van der Waals surface area contributed by atoms with Crippen LogP contribution >= 0.6 is 0 Å². The van der Waals surface area contributed by atoms with Crippen molar-refractivity contribution in [3.63, 3.8) is 0 Å². The van der Waals surface area contributed by atoms with Gasteiger partial charge < -0.3 is 18.9 Å². The van der Waals surface area contributed by atoms with Gasteiger partial charge in [-0.25, -0.2) is 0 Å². The van der Waals surface area contributed by atoms with Gasteiger partial charge in [-0.15, -0.1) is 0 Å². The first kappa shape index (κ1) is 40.9. The molecule has 0 N–H and O–H groups in total. The predicted molar refractivity (Wildman–Crippen MR) is 295 cm³/mol. The van der Waals surface area contributed by atoms with Gasteiger partial charge in [-0.1, -0.05) is 158 Å². The molecule has 70 heavy (non-hydrogen) atoms. The van der Waals surface area contributed by atoms with E-state index in [4.69, 9.17) is 0 Å². The Kier molecular flexibility index (Phi) is 10.1. The van der Waals surface area contributed by atoms with E-state index in [2.05, 4.69) is 298 Å². The number of hydrogen-bond acceptors (Lipinski definition) is 2. The highest BCUT2D eigenvalue weighted by molar-refractivity contribution is 6.11. The minimum Gasteiger partial charge on any atom is -0.311 e. The number of aromatic nitrogens is 2. The van der Waals surface area contributed by atoms with Crippen LogP contribution in [0.3, 0.4) is 0 Å². The lowest BCUT2D eigenvalue weighted by molar-refractivity contribution is 1.17.